The summed E-state index contributed by atoms with van der Waals surface area (Å²) in [7, 11) is 1.52. The Morgan fingerprint density at radius 1 is 1.47 bits per heavy atom. The highest BCUT2D eigenvalue weighted by molar-refractivity contribution is 9.10. The van der Waals surface area contributed by atoms with Gasteiger partial charge in [0.15, 0.2) is 0 Å². The van der Waals surface area contributed by atoms with E-state index in [0.29, 0.717) is 6.54 Å². The van der Waals surface area contributed by atoms with E-state index in [1.807, 2.05) is 24.3 Å². The molecule has 1 unspecified atom stereocenters. The first-order valence-corrected chi connectivity index (χ1v) is 6.15. The Hall–Kier alpha value is -1.20. The normalized spacial score (nSPS) is 20.1. The Morgan fingerprint density at radius 2 is 2.24 bits per heavy atom. The first kappa shape index (κ1) is 12.3. The molecule has 90 valence electrons. The van der Waals surface area contributed by atoms with Gasteiger partial charge >= 0.3 is 0 Å². The van der Waals surface area contributed by atoms with Crippen LogP contribution in [0.1, 0.15) is 12.0 Å². The molecule has 1 N–H and O–H groups in total. The number of likely N-dealkylation sites (N-methyl/N-ethyl adjacent to an activating group) is 1. The highest BCUT2D eigenvalue weighted by Crippen LogP contribution is 2.14. The third-order valence-corrected chi connectivity index (χ3v) is 3.32. The maximum atomic E-state index is 11.6. The van der Waals surface area contributed by atoms with Crippen molar-refractivity contribution in [2.24, 2.45) is 0 Å². The van der Waals surface area contributed by atoms with E-state index in [1.165, 1.54) is 11.9 Å². The fourth-order valence-electron chi connectivity index (χ4n) is 1.80. The lowest BCUT2D eigenvalue weighted by molar-refractivity contribution is -0.137. The van der Waals surface area contributed by atoms with Crippen LogP contribution in [0, 0.1) is 0 Å². The molecule has 1 fully saturated rings. The number of rotatable bonds is 3. The second-order valence-corrected chi connectivity index (χ2v) is 4.97. The molecular formula is C12H13BrN2O2. The van der Waals surface area contributed by atoms with Gasteiger partial charge in [-0.05, 0) is 17.7 Å². The summed E-state index contributed by atoms with van der Waals surface area (Å²) >= 11 is 3.39. The van der Waals surface area contributed by atoms with Crippen molar-refractivity contribution < 1.29 is 9.59 Å². The van der Waals surface area contributed by atoms with E-state index in [9.17, 15) is 9.59 Å². The van der Waals surface area contributed by atoms with Crippen LogP contribution < -0.4 is 5.32 Å². The molecule has 1 saturated heterocycles. The Kier molecular flexibility index (Phi) is 3.59. The van der Waals surface area contributed by atoms with Gasteiger partial charge in [-0.2, -0.15) is 0 Å². The van der Waals surface area contributed by atoms with Gasteiger partial charge < -0.3 is 5.32 Å². The van der Waals surface area contributed by atoms with Crippen LogP contribution >= 0.6 is 15.9 Å². The molecule has 2 amide bonds. The second-order valence-electron chi connectivity index (χ2n) is 4.06. The highest BCUT2D eigenvalue weighted by Gasteiger charge is 2.35. The van der Waals surface area contributed by atoms with Crippen LogP contribution in [0.15, 0.2) is 28.7 Å². The summed E-state index contributed by atoms with van der Waals surface area (Å²) in [6.45, 7) is 0.580. The van der Waals surface area contributed by atoms with E-state index in [1.54, 1.807) is 0 Å². The molecule has 2 rings (SSSR count). The molecule has 0 aliphatic carbocycles. The van der Waals surface area contributed by atoms with Gasteiger partial charge in [0.2, 0.25) is 11.8 Å². The Balaban J connectivity index is 1.95. The van der Waals surface area contributed by atoms with Crippen molar-refractivity contribution >= 4 is 27.7 Å². The molecule has 4 nitrogen and oxygen atoms in total. The number of benzene rings is 1. The Bertz CT molecular complexity index is 462. The summed E-state index contributed by atoms with van der Waals surface area (Å²) in [4.78, 5) is 24.1. The van der Waals surface area contributed by atoms with Crippen molar-refractivity contribution in [1.82, 2.24) is 10.2 Å². The summed E-state index contributed by atoms with van der Waals surface area (Å²) < 4.78 is 1.00. The minimum absolute atomic E-state index is 0.123. The Morgan fingerprint density at radius 3 is 2.82 bits per heavy atom. The molecule has 0 bridgehead atoms. The van der Waals surface area contributed by atoms with Crippen LogP contribution in [-0.2, 0) is 16.1 Å². The van der Waals surface area contributed by atoms with Crippen LogP contribution in [0.3, 0.4) is 0 Å². The van der Waals surface area contributed by atoms with Crippen LogP contribution in [0.5, 0.6) is 0 Å². The fourth-order valence-corrected chi connectivity index (χ4v) is 2.25. The van der Waals surface area contributed by atoms with Gasteiger partial charge in [0.05, 0.1) is 12.5 Å². The molecular weight excluding hydrogens is 284 g/mol. The van der Waals surface area contributed by atoms with Crippen molar-refractivity contribution in [2.75, 3.05) is 7.05 Å². The molecule has 17 heavy (non-hydrogen) atoms. The molecule has 1 aliphatic heterocycles. The number of likely N-dealkylation sites (tertiary alicyclic amines) is 1. The number of amides is 2. The zero-order valence-electron chi connectivity index (χ0n) is 9.44. The first-order valence-electron chi connectivity index (χ1n) is 5.36. The number of hydrogen-bond donors (Lipinski definition) is 1. The fraction of sp³-hybridized carbons (Fsp3) is 0.333. The molecule has 1 aromatic rings. The van der Waals surface area contributed by atoms with Gasteiger partial charge in [-0.1, -0.05) is 28.1 Å². The predicted molar refractivity (Wildman–Crippen MR) is 67.2 cm³/mol. The van der Waals surface area contributed by atoms with E-state index in [2.05, 4.69) is 21.2 Å². The Labute approximate surface area is 108 Å². The molecule has 1 atom stereocenters. The number of nitrogens with zero attached hydrogens (tertiary/aromatic N) is 1. The molecule has 0 aromatic heterocycles. The van der Waals surface area contributed by atoms with Crippen molar-refractivity contribution in [1.29, 1.82) is 0 Å². The topological polar surface area (TPSA) is 49.4 Å². The summed E-state index contributed by atoms with van der Waals surface area (Å²) in [5.74, 6) is -0.272. The lowest BCUT2D eigenvalue weighted by Gasteiger charge is -2.11. The summed E-state index contributed by atoms with van der Waals surface area (Å²) in [5, 5.41) is 3.10. The van der Waals surface area contributed by atoms with Crippen molar-refractivity contribution in [3.05, 3.63) is 34.3 Å². The molecule has 1 heterocycles. The molecule has 0 spiro atoms. The van der Waals surface area contributed by atoms with Crippen LogP contribution in [-0.4, -0.2) is 29.8 Å². The number of nitrogens with one attached hydrogen (secondary N) is 1. The zero-order chi connectivity index (χ0) is 12.4. The second kappa shape index (κ2) is 4.98. The van der Waals surface area contributed by atoms with Crippen LogP contribution in [0.4, 0.5) is 0 Å². The summed E-state index contributed by atoms with van der Waals surface area (Å²) in [6.07, 6.45) is 0.253. The standard InChI is InChI=1S/C12H13BrN2O2/c1-15-11(16)6-10(12(15)17)14-7-8-3-2-4-9(13)5-8/h2-5,10,14H,6-7H2,1H3. The molecule has 0 radical (unpaired) electrons. The van der Waals surface area contributed by atoms with Crippen LogP contribution in [0.25, 0.3) is 0 Å². The molecule has 1 aromatic carbocycles. The van der Waals surface area contributed by atoms with Crippen molar-refractivity contribution in [3.63, 3.8) is 0 Å². The quantitative estimate of drug-likeness (QED) is 0.856. The van der Waals surface area contributed by atoms with Gasteiger partial charge in [0.1, 0.15) is 0 Å². The maximum absolute atomic E-state index is 11.6. The van der Waals surface area contributed by atoms with Gasteiger partial charge in [0, 0.05) is 18.1 Å². The number of imide groups is 1. The third kappa shape index (κ3) is 2.73. The first-order chi connectivity index (χ1) is 8.08. The monoisotopic (exact) mass is 296 g/mol. The lowest BCUT2D eigenvalue weighted by atomic mass is 10.2. The molecule has 1 aliphatic rings. The number of carbonyl (C=O) groups excluding carboxylic acids is 2. The molecule has 0 saturated carbocycles. The van der Waals surface area contributed by atoms with E-state index >= 15 is 0 Å². The number of hydrogen-bond acceptors (Lipinski definition) is 3. The summed E-state index contributed by atoms with van der Waals surface area (Å²) in [5.41, 5.74) is 1.08. The average Bonchev–Trinajstić information content (AvgIpc) is 2.54. The highest BCUT2D eigenvalue weighted by atomic mass is 79.9. The van der Waals surface area contributed by atoms with E-state index in [0.717, 1.165) is 10.0 Å². The average molecular weight is 297 g/mol. The van der Waals surface area contributed by atoms with Gasteiger partial charge in [-0.3, -0.25) is 14.5 Å². The van der Waals surface area contributed by atoms with Crippen molar-refractivity contribution in [2.45, 2.75) is 19.0 Å². The maximum Gasteiger partial charge on any atom is 0.246 e. The van der Waals surface area contributed by atoms with Gasteiger partial charge in [-0.15, -0.1) is 0 Å². The SMILES string of the molecule is CN1C(=O)CC(NCc2cccc(Br)c2)C1=O. The van der Waals surface area contributed by atoms with E-state index in [-0.39, 0.29) is 24.3 Å². The van der Waals surface area contributed by atoms with Crippen molar-refractivity contribution in [3.8, 4) is 0 Å². The minimum Gasteiger partial charge on any atom is -0.301 e. The minimum atomic E-state index is -0.383. The number of carbonyl (C=O) groups is 2. The lowest BCUT2D eigenvalue weighted by Crippen LogP contribution is -2.36. The molecule has 5 heteroatoms. The largest absolute Gasteiger partial charge is 0.301 e. The van der Waals surface area contributed by atoms with E-state index < -0.39 is 0 Å². The van der Waals surface area contributed by atoms with Gasteiger partial charge in [0.25, 0.3) is 0 Å². The summed E-state index contributed by atoms with van der Waals surface area (Å²) in [6, 6.07) is 7.46. The predicted octanol–water partition coefficient (Wildman–Crippen LogP) is 1.30. The van der Waals surface area contributed by atoms with Crippen LogP contribution in [0.2, 0.25) is 0 Å². The zero-order valence-corrected chi connectivity index (χ0v) is 11.0. The third-order valence-electron chi connectivity index (χ3n) is 2.82. The van der Waals surface area contributed by atoms with E-state index in [4.69, 9.17) is 0 Å². The smallest absolute Gasteiger partial charge is 0.246 e. The number of halogens is 1. The van der Waals surface area contributed by atoms with Gasteiger partial charge in [-0.25, -0.2) is 0 Å².